The molecule has 1 aromatic carbocycles. The zero-order valence-electron chi connectivity index (χ0n) is 14.5. The van der Waals surface area contributed by atoms with E-state index in [0.29, 0.717) is 13.1 Å². The maximum atomic E-state index is 11.6. The third-order valence-corrected chi connectivity index (χ3v) is 8.87. The molecule has 1 aliphatic rings. The number of ether oxygens (including phenoxy) is 1. The van der Waals surface area contributed by atoms with Crippen molar-refractivity contribution in [3.8, 4) is 5.75 Å². The molecule has 22 heavy (non-hydrogen) atoms. The van der Waals surface area contributed by atoms with Crippen molar-refractivity contribution < 1.29 is 14.0 Å². The van der Waals surface area contributed by atoms with Crippen LogP contribution in [0.3, 0.4) is 0 Å². The summed E-state index contributed by atoms with van der Waals surface area (Å²) < 4.78 is 11.4. The lowest BCUT2D eigenvalue weighted by molar-refractivity contribution is 0.137. The second kappa shape index (κ2) is 5.95. The number of amides is 1. The fraction of sp³-hybridized carbons (Fsp3) is 0.588. The molecule has 2 rings (SSSR count). The molecule has 1 atom stereocenters. The average molecular weight is 321 g/mol. The van der Waals surface area contributed by atoms with Gasteiger partial charge in [-0.1, -0.05) is 32.9 Å². The zero-order valence-corrected chi connectivity index (χ0v) is 15.5. The van der Waals surface area contributed by atoms with Crippen LogP contribution in [0.1, 0.15) is 33.3 Å². The highest BCUT2D eigenvalue weighted by Crippen LogP contribution is 2.37. The Morgan fingerprint density at radius 2 is 1.86 bits per heavy atom. The Morgan fingerprint density at radius 1 is 1.27 bits per heavy atom. The number of benzene rings is 1. The highest BCUT2D eigenvalue weighted by atomic mass is 28.4. The number of cyclic esters (lactones) is 1. The van der Waals surface area contributed by atoms with Gasteiger partial charge >= 0.3 is 6.09 Å². The van der Waals surface area contributed by atoms with Gasteiger partial charge in [-0.3, -0.25) is 0 Å². The Bertz CT molecular complexity index is 534. The van der Waals surface area contributed by atoms with E-state index in [0.717, 1.165) is 11.3 Å². The first-order valence-electron chi connectivity index (χ1n) is 7.82. The second-order valence-electron chi connectivity index (χ2n) is 7.58. The van der Waals surface area contributed by atoms with Crippen molar-refractivity contribution in [3.05, 3.63) is 29.8 Å². The Kier molecular flexibility index (Phi) is 4.56. The summed E-state index contributed by atoms with van der Waals surface area (Å²) in [6.45, 7) is 14.3. The molecular weight excluding hydrogens is 294 g/mol. The topological polar surface area (TPSA) is 38.8 Å². The molecule has 1 aromatic rings. The highest BCUT2D eigenvalue weighted by Gasteiger charge is 2.38. The van der Waals surface area contributed by atoms with Crippen LogP contribution in [0.25, 0.3) is 0 Å². The van der Waals surface area contributed by atoms with Gasteiger partial charge in [0.05, 0.1) is 6.54 Å². The third kappa shape index (κ3) is 3.83. The molecule has 0 N–H and O–H groups in total. The van der Waals surface area contributed by atoms with Gasteiger partial charge in [-0.25, -0.2) is 4.79 Å². The van der Waals surface area contributed by atoms with Gasteiger partial charge in [0.25, 0.3) is 0 Å². The number of hydrogen-bond donors (Lipinski definition) is 0. The van der Waals surface area contributed by atoms with E-state index in [-0.39, 0.29) is 17.2 Å². The van der Waals surface area contributed by atoms with E-state index >= 15 is 0 Å². The summed E-state index contributed by atoms with van der Waals surface area (Å²) in [6.07, 6.45) is -0.247. The van der Waals surface area contributed by atoms with Crippen LogP contribution >= 0.6 is 0 Å². The summed E-state index contributed by atoms with van der Waals surface area (Å²) in [4.78, 5) is 13.4. The standard InChI is InChI=1S/C17H27NO3Si/c1-13-11-18(16(19)20-13)12-14-7-9-15(10-8-14)21-22(5,6)17(2,3)4/h7-10,13H,11-12H2,1-6H3/t13-/m1/s1. The fourth-order valence-electron chi connectivity index (χ4n) is 2.13. The number of nitrogens with zero attached hydrogens (tertiary/aromatic N) is 1. The van der Waals surface area contributed by atoms with Crippen molar-refractivity contribution in [2.24, 2.45) is 0 Å². The minimum absolute atomic E-state index is 0.0197. The van der Waals surface area contributed by atoms with Crippen LogP contribution in [0.5, 0.6) is 5.75 Å². The van der Waals surface area contributed by atoms with Crippen molar-refractivity contribution in [1.29, 1.82) is 0 Å². The van der Waals surface area contributed by atoms with E-state index < -0.39 is 8.32 Å². The molecule has 0 spiro atoms. The van der Waals surface area contributed by atoms with Crippen LogP contribution in [0.2, 0.25) is 18.1 Å². The summed E-state index contributed by atoms with van der Waals surface area (Å²) in [5.41, 5.74) is 1.09. The van der Waals surface area contributed by atoms with Crippen molar-refractivity contribution in [1.82, 2.24) is 4.90 Å². The van der Waals surface area contributed by atoms with E-state index in [1.807, 2.05) is 31.2 Å². The van der Waals surface area contributed by atoms with Gasteiger partial charge in [-0.2, -0.15) is 0 Å². The van der Waals surface area contributed by atoms with Crippen LogP contribution in [0.15, 0.2) is 24.3 Å². The Hall–Kier alpha value is -1.49. The minimum Gasteiger partial charge on any atom is -0.544 e. The van der Waals surface area contributed by atoms with Gasteiger partial charge in [-0.05, 0) is 42.8 Å². The van der Waals surface area contributed by atoms with Crippen molar-refractivity contribution >= 4 is 14.4 Å². The van der Waals surface area contributed by atoms with Gasteiger partial charge in [0.1, 0.15) is 11.9 Å². The molecular formula is C17H27NO3Si. The molecule has 0 unspecified atom stereocenters. The van der Waals surface area contributed by atoms with Crippen LogP contribution < -0.4 is 4.43 Å². The minimum atomic E-state index is -1.80. The molecule has 1 heterocycles. The summed E-state index contributed by atoms with van der Waals surface area (Å²) in [5, 5.41) is 0.182. The zero-order chi connectivity index (χ0) is 16.5. The second-order valence-corrected chi connectivity index (χ2v) is 12.3. The smallest absolute Gasteiger partial charge is 0.410 e. The molecule has 1 aliphatic heterocycles. The van der Waals surface area contributed by atoms with Crippen molar-refractivity contribution in [2.45, 2.75) is 58.5 Å². The SMILES string of the molecule is C[C@@H]1CN(Cc2ccc(O[Si](C)(C)C(C)(C)C)cc2)C(=O)O1. The van der Waals surface area contributed by atoms with E-state index in [1.54, 1.807) is 4.90 Å². The summed E-state index contributed by atoms with van der Waals surface area (Å²) >= 11 is 0. The molecule has 0 aliphatic carbocycles. The number of rotatable bonds is 4. The molecule has 1 saturated heterocycles. The molecule has 0 bridgehead atoms. The first-order chi connectivity index (χ1) is 10.1. The fourth-order valence-corrected chi connectivity index (χ4v) is 3.16. The van der Waals surface area contributed by atoms with E-state index in [4.69, 9.17) is 9.16 Å². The van der Waals surface area contributed by atoms with Crippen LogP contribution in [-0.4, -0.2) is 32.0 Å². The average Bonchev–Trinajstić information content (AvgIpc) is 2.68. The summed E-state index contributed by atoms with van der Waals surface area (Å²) in [5.74, 6) is 0.910. The largest absolute Gasteiger partial charge is 0.544 e. The quantitative estimate of drug-likeness (QED) is 0.771. The summed E-state index contributed by atoms with van der Waals surface area (Å²) in [6, 6.07) is 8.05. The van der Waals surface area contributed by atoms with E-state index in [9.17, 15) is 4.79 Å². The molecule has 122 valence electrons. The normalized spacial score (nSPS) is 19.3. The molecule has 5 heteroatoms. The van der Waals surface area contributed by atoms with Gasteiger partial charge in [0.2, 0.25) is 8.32 Å². The van der Waals surface area contributed by atoms with Crippen molar-refractivity contribution in [3.63, 3.8) is 0 Å². The van der Waals surface area contributed by atoms with Crippen LogP contribution in [0, 0.1) is 0 Å². The first kappa shape index (κ1) is 16.9. The van der Waals surface area contributed by atoms with Gasteiger partial charge in [0.15, 0.2) is 0 Å². The van der Waals surface area contributed by atoms with Gasteiger partial charge < -0.3 is 14.1 Å². The lowest BCUT2D eigenvalue weighted by Gasteiger charge is -2.36. The van der Waals surface area contributed by atoms with Gasteiger partial charge in [0, 0.05) is 6.54 Å². The van der Waals surface area contributed by atoms with E-state index in [1.165, 1.54) is 0 Å². The Morgan fingerprint density at radius 3 is 2.32 bits per heavy atom. The predicted octanol–water partition coefficient (Wildman–Crippen LogP) is 4.41. The Balaban J connectivity index is 2.00. The highest BCUT2D eigenvalue weighted by molar-refractivity contribution is 6.74. The maximum Gasteiger partial charge on any atom is 0.410 e. The van der Waals surface area contributed by atoms with Crippen LogP contribution in [-0.2, 0) is 11.3 Å². The first-order valence-corrected chi connectivity index (χ1v) is 10.7. The van der Waals surface area contributed by atoms with Crippen molar-refractivity contribution in [2.75, 3.05) is 6.54 Å². The molecule has 1 amide bonds. The van der Waals surface area contributed by atoms with E-state index in [2.05, 4.69) is 33.9 Å². The molecule has 4 nitrogen and oxygen atoms in total. The molecule has 0 aromatic heterocycles. The monoisotopic (exact) mass is 321 g/mol. The molecule has 0 saturated carbocycles. The molecule has 0 radical (unpaired) electrons. The number of carbonyl (C=O) groups is 1. The van der Waals surface area contributed by atoms with Gasteiger partial charge in [-0.15, -0.1) is 0 Å². The lowest BCUT2D eigenvalue weighted by atomic mass is 10.2. The molecule has 1 fully saturated rings. The Labute approximate surface area is 134 Å². The number of hydrogen-bond acceptors (Lipinski definition) is 3. The van der Waals surface area contributed by atoms with Crippen LogP contribution in [0.4, 0.5) is 4.79 Å². The maximum absolute atomic E-state index is 11.6. The number of carbonyl (C=O) groups excluding carboxylic acids is 1. The lowest BCUT2D eigenvalue weighted by Crippen LogP contribution is -2.43. The summed E-state index contributed by atoms with van der Waals surface area (Å²) in [7, 11) is -1.80. The third-order valence-electron chi connectivity index (χ3n) is 4.51. The predicted molar refractivity (Wildman–Crippen MR) is 90.6 cm³/mol.